The molecule has 0 radical (unpaired) electrons. The van der Waals surface area contributed by atoms with Crippen molar-refractivity contribution in [3.05, 3.63) is 23.8 Å². The van der Waals surface area contributed by atoms with Gasteiger partial charge in [0.05, 0.1) is 17.5 Å². The second-order valence-corrected chi connectivity index (χ2v) is 7.02. The van der Waals surface area contributed by atoms with Crippen LogP contribution in [0.5, 0.6) is 0 Å². The highest BCUT2D eigenvalue weighted by molar-refractivity contribution is 7.89. The molecule has 106 valence electrons. The standard InChI is InChI=1S/C13H20N2O3S/c1-9-5-6-15(12(9)8-16)19(17,18)13-7-11(14)4-3-10(13)2/h3-4,7,9,12,16H,5-6,8,14H2,1-2H3. The SMILES string of the molecule is Cc1ccc(N)cc1S(=O)(=O)N1CCC(C)C1CO. The van der Waals surface area contributed by atoms with Crippen LogP contribution in [-0.4, -0.2) is 37.0 Å². The largest absolute Gasteiger partial charge is 0.399 e. The molecule has 3 N–H and O–H groups in total. The molecule has 0 saturated carbocycles. The molecular formula is C13H20N2O3S. The monoisotopic (exact) mass is 284 g/mol. The first-order valence-electron chi connectivity index (χ1n) is 6.36. The van der Waals surface area contributed by atoms with Gasteiger partial charge in [0.15, 0.2) is 0 Å². The van der Waals surface area contributed by atoms with Crippen LogP contribution in [0.4, 0.5) is 5.69 Å². The number of aliphatic hydroxyl groups is 1. The molecule has 1 aliphatic heterocycles. The maximum absolute atomic E-state index is 12.7. The van der Waals surface area contributed by atoms with E-state index in [2.05, 4.69) is 0 Å². The number of nitrogens with zero attached hydrogens (tertiary/aromatic N) is 1. The lowest BCUT2D eigenvalue weighted by Crippen LogP contribution is -2.40. The van der Waals surface area contributed by atoms with E-state index in [1.165, 1.54) is 10.4 Å². The summed E-state index contributed by atoms with van der Waals surface area (Å²) in [6, 6.07) is 4.54. The number of aryl methyl sites for hydroxylation is 1. The van der Waals surface area contributed by atoms with Gasteiger partial charge in [-0.3, -0.25) is 0 Å². The van der Waals surface area contributed by atoms with Crippen molar-refractivity contribution >= 4 is 15.7 Å². The van der Waals surface area contributed by atoms with Gasteiger partial charge in [-0.1, -0.05) is 13.0 Å². The van der Waals surface area contributed by atoms with Gasteiger partial charge in [-0.2, -0.15) is 4.31 Å². The Balaban J connectivity index is 2.45. The summed E-state index contributed by atoms with van der Waals surface area (Å²) < 4.78 is 26.8. The number of nitrogens with two attached hydrogens (primary N) is 1. The Morgan fingerprint density at radius 3 is 2.79 bits per heavy atom. The van der Waals surface area contributed by atoms with Crippen molar-refractivity contribution < 1.29 is 13.5 Å². The Bertz CT molecular complexity index is 571. The topological polar surface area (TPSA) is 83.6 Å². The average Bonchev–Trinajstić information content (AvgIpc) is 2.74. The van der Waals surface area contributed by atoms with Gasteiger partial charge in [-0.25, -0.2) is 8.42 Å². The summed E-state index contributed by atoms with van der Waals surface area (Å²) in [4.78, 5) is 0.236. The van der Waals surface area contributed by atoms with Crippen LogP contribution < -0.4 is 5.73 Å². The van der Waals surface area contributed by atoms with E-state index in [0.717, 1.165) is 6.42 Å². The predicted molar refractivity (Wildman–Crippen MR) is 74.1 cm³/mol. The number of aliphatic hydroxyl groups excluding tert-OH is 1. The molecule has 1 aliphatic rings. The van der Waals surface area contributed by atoms with Crippen molar-refractivity contribution in [2.45, 2.75) is 31.2 Å². The summed E-state index contributed by atoms with van der Waals surface area (Å²) in [7, 11) is -3.59. The summed E-state index contributed by atoms with van der Waals surface area (Å²) in [5, 5.41) is 9.41. The third kappa shape index (κ3) is 2.48. The van der Waals surface area contributed by atoms with Crippen molar-refractivity contribution in [2.75, 3.05) is 18.9 Å². The first-order valence-corrected chi connectivity index (χ1v) is 7.80. The Morgan fingerprint density at radius 1 is 1.47 bits per heavy atom. The molecule has 6 heteroatoms. The van der Waals surface area contributed by atoms with E-state index in [0.29, 0.717) is 17.8 Å². The van der Waals surface area contributed by atoms with Gasteiger partial charge in [0, 0.05) is 12.2 Å². The predicted octanol–water partition coefficient (Wildman–Crippen LogP) is 0.969. The van der Waals surface area contributed by atoms with Gasteiger partial charge in [0.1, 0.15) is 0 Å². The normalized spacial score (nSPS) is 24.8. The van der Waals surface area contributed by atoms with Crippen LogP contribution in [0, 0.1) is 12.8 Å². The summed E-state index contributed by atoms with van der Waals surface area (Å²) in [6.45, 7) is 4.01. The van der Waals surface area contributed by atoms with E-state index in [-0.39, 0.29) is 23.5 Å². The summed E-state index contributed by atoms with van der Waals surface area (Å²) >= 11 is 0. The van der Waals surface area contributed by atoms with Gasteiger partial charge in [-0.15, -0.1) is 0 Å². The second kappa shape index (κ2) is 5.11. The van der Waals surface area contributed by atoms with Gasteiger partial charge in [-0.05, 0) is 37.0 Å². The van der Waals surface area contributed by atoms with Gasteiger partial charge in [0.25, 0.3) is 0 Å². The van der Waals surface area contributed by atoms with E-state index in [4.69, 9.17) is 5.73 Å². The number of anilines is 1. The lowest BCUT2D eigenvalue weighted by atomic mass is 10.0. The molecule has 0 aliphatic carbocycles. The quantitative estimate of drug-likeness (QED) is 0.810. The fourth-order valence-electron chi connectivity index (χ4n) is 2.56. The molecule has 1 aromatic carbocycles. The Morgan fingerprint density at radius 2 is 2.16 bits per heavy atom. The summed E-state index contributed by atoms with van der Waals surface area (Å²) in [5.41, 5.74) is 6.78. The van der Waals surface area contributed by atoms with Gasteiger partial charge < -0.3 is 10.8 Å². The molecule has 1 aromatic rings. The number of benzene rings is 1. The minimum atomic E-state index is -3.59. The third-order valence-electron chi connectivity index (χ3n) is 3.82. The van der Waals surface area contributed by atoms with Crippen molar-refractivity contribution in [2.24, 2.45) is 5.92 Å². The number of hydrogen-bond donors (Lipinski definition) is 2. The Hall–Kier alpha value is -1.11. The third-order valence-corrected chi connectivity index (χ3v) is 5.88. The lowest BCUT2D eigenvalue weighted by Gasteiger charge is -2.25. The fraction of sp³-hybridized carbons (Fsp3) is 0.538. The van der Waals surface area contributed by atoms with E-state index < -0.39 is 10.0 Å². The molecule has 0 spiro atoms. The van der Waals surface area contributed by atoms with Crippen LogP contribution in [-0.2, 0) is 10.0 Å². The van der Waals surface area contributed by atoms with Crippen molar-refractivity contribution in [1.29, 1.82) is 0 Å². The molecule has 1 fully saturated rings. The molecular weight excluding hydrogens is 264 g/mol. The fourth-order valence-corrected chi connectivity index (χ4v) is 4.55. The van der Waals surface area contributed by atoms with Crippen LogP contribution >= 0.6 is 0 Å². The van der Waals surface area contributed by atoms with Gasteiger partial charge >= 0.3 is 0 Å². The molecule has 1 saturated heterocycles. The number of hydrogen-bond acceptors (Lipinski definition) is 4. The molecule has 19 heavy (non-hydrogen) atoms. The summed E-state index contributed by atoms with van der Waals surface area (Å²) in [6.07, 6.45) is 0.770. The van der Waals surface area contributed by atoms with Gasteiger partial charge in [0.2, 0.25) is 10.0 Å². The van der Waals surface area contributed by atoms with E-state index >= 15 is 0 Å². The molecule has 0 aromatic heterocycles. The molecule has 2 rings (SSSR count). The molecule has 2 atom stereocenters. The second-order valence-electron chi connectivity index (χ2n) is 5.16. The molecule has 2 unspecified atom stereocenters. The Kier molecular flexibility index (Phi) is 3.85. The van der Waals surface area contributed by atoms with Crippen LogP contribution in [0.1, 0.15) is 18.9 Å². The molecule has 1 heterocycles. The zero-order valence-corrected chi connectivity index (χ0v) is 12.0. The molecule has 0 bridgehead atoms. The first kappa shape index (κ1) is 14.3. The minimum Gasteiger partial charge on any atom is -0.399 e. The zero-order chi connectivity index (χ0) is 14.2. The average molecular weight is 284 g/mol. The van der Waals surface area contributed by atoms with Crippen LogP contribution in [0.15, 0.2) is 23.1 Å². The first-order chi connectivity index (χ1) is 8.87. The van der Waals surface area contributed by atoms with Crippen LogP contribution in [0.25, 0.3) is 0 Å². The number of rotatable bonds is 3. The lowest BCUT2D eigenvalue weighted by molar-refractivity contribution is 0.191. The van der Waals surface area contributed by atoms with E-state index in [1.807, 2.05) is 6.92 Å². The molecule has 5 nitrogen and oxygen atoms in total. The highest BCUT2D eigenvalue weighted by atomic mass is 32.2. The van der Waals surface area contributed by atoms with Crippen LogP contribution in [0.3, 0.4) is 0 Å². The minimum absolute atomic E-state index is 0.151. The Labute approximate surface area is 114 Å². The number of sulfonamides is 1. The van der Waals surface area contributed by atoms with E-state index in [9.17, 15) is 13.5 Å². The number of nitrogen functional groups attached to an aromatic ring is 1. The van der Waals surface area contributed by atoms with Crippen LogP contribution in [0.2, 0.25) is 0 Å². The maximum Gasteiger partial charge on any atom is 0.243 e. The highest BCUT2D eigenvalue weighted by Crippen LogP contribution is 2.31. The van der Waals surface area contributed by atoms with Crippen molar-refractivity contribution in [1.82, 2.24) is 4.31 Å². The zero-order valence-electron chi connectivity index (χ0n) is 11.2. The molecule has 0 amide bonds. The van der Waals surface area contributed by atoms with E-state index in [1.54, 1.807) is 19.1 Å². The maximum atomic E-state index is 12.7. The smallest absolute Gasteiger partial charge is 0.243 e. The van der Waals surface area contributed by atoms with Crippen molar-refractivity contribution in [3.63, 3.8) is 0 Å². The highest BCUT2D eigenvalue weighted by Gasteiger charge is 2.39. The summed E-state index contributed by atoms with van der Waals surface area (Å²) in [5.74, 6) is 0.168. The van der Waals surface area contributed by atoms with Crippen molar-refractivity contribution in [3.8, 4) is 0 Å².